The van der Waals surface area contributed by atoms with E-state index in [0.717, 1.165) is 31.5 Å². The zero-order chi connectivity index (χ0) is 14.5. The Bertz CT molecular complexity index is 459. The number of rotatable bonds is 4. The van der Waals surface area contributed by atoms with Crippen molar-refractivity contribution in [1.29, 1.82) is 0 Å². The van der Waals surface area contributed by atoms with Crippen LogP contribution in [0.1, 0.15) is 32.1 Å². The summed E-state index contributed by atoms with van der Waals surface area (Å²) >= 11 is 0. The number of carbonyl (C=O) groups excluding carboxylic acids is 1. The number of benzene rings is 1. The molecule has 1 aromatic rings. The first-order valence-corrected chi connectivity index (χ1v) is 7.02. The van der Waals surface area contributed by atoms with Crippen molar-refractivity contribution in [2.45, 2.75) is 38.1 Å². The summed E-state index contributed by atoms with van der Waals surface area (Å²) in [6, 6.07) is 3.93. The molecule has 0 bridgehead atoms. The van der Waals surface area contributed by atoms with Crippen LogP contribution in [0.4, 0.5) is 14.5 Å². The van der Waals surface area contributed by atoms with Crippen molar-refractivity contribution in [1.82, 2.24) is 4.90 Å². The third kappa shape index (κ3) is 3.76. The summed E-state index contributed by atoms with van der Waals surface area (Å²) in [7, 11) is 2.05. The molecular weight excluding hydrogens is 262 g/mol. The topological polar surface area (TPSA) is 32.3 Å². The van der Waals surface area contributed by atoms with E-state index in [-0.39, 0.29) is 18.0 Å². The third-order valence-electron chi connectivity index (χ3n) is 3.85. The number of para-hydroxylation sites is 1. The highest BCUT2D eigenvalue weighted by molar-refractivity contribution is 5.90. The van der Waals surface area contributed by atoms with Crippen molar-refractivity contribution in [2.24, 2.45) is 0 Å². The molecule has 2 rings (SSSR count). The van der Waals surface area contributed by atoms with E-state index < -0.39 is 11.6 Å². The predicted octanol–water partition coefficient (Wildman–Crippen LogP) is 3.17. The second-order valence-electron chi connectivity index (χ2n) is 5.31. The van der Waals surface area contributed by atoms with Gasteiger partial charge in [0.15, 0.2) is 0 Å². The van der Waals surface area contributed by atoms with Crippen LogP contribution in [-0.2, 0) is 4.79 Å². The highest BCUT2D eigenvalue weighted by Crippen LogP contribution is 2.21. The molecule has 1 N–H and O–H groups in total. The molecule has 5 heteroatoms. The fourth-order valence-corrected chi connectivity index (χ4v) is 2.63. The van der Waals surface area contributed by atoms with Crippen LogP contribution in [0.15, 0.2) is 18.2 Å². The normalized spacial score (nSPS) is 19.9. The molecule has 1 heterocycles. The van der Waals surface area contributed by atoms with Gasteiger partial charge in [0, 0.05) is 12.5 Å². The van der Waals surface area contributed by atoms with Crippen LogP contribution in [0.3, 0.4) is 0 Å². The smallest absolute Gasteiger partial charge is 0.224 e. The van der Waals surface area contributed by atoms with Gasteiger partial charge in [0.2, 0.25) is 5.91 Å². The van der Waals surface area contributed by atoms with Gasteiger partial charge in [0.25, 0.3) is 0 Å². The fourth-order valence-electron chi connectivity index (χ4n) is 2.63. The summed E-state index contributed by atoms with van der Waals surface area (Å²) in [5, 5.41) is 2.33. The number of nitrogens with zero attached hydrogens (tertiary/aromatic N) is 1. The maximum absolute atomic E-state index is 13.4. The third-order valence-corrected chi connectivity index (χ3v) is 3.85. The second kappa shape index (κ2) is 6.79. The minimum absolute atomic E-state index is 0.281. The van der Waals surface area contributed by atoms with Gasteiger partial charge in [0.1, 0.15) is 17.3 Å². The SMILES string of the molecule is CN1CCCCC1CCC(=O)Nc1c(F)cccc1F. The maximum Gasteiger partial charge on any atom is 0.224 e. The van der Waals surface area contributed by atoms with Crippen LogP contribution >= 0.6 is 0 Å². The minimum atomic E-state index is -0.742. The predicted molar refractivity (Wildman–Crippen MR) is 74.5 cm³/mol. The maximum atomic E-state index is 13.4. The summed E-state index contributed by atoms with van der Waals surface area (Å²) in [6.07, 6.45) is 4.46. The Morgan fingerprint density at radius 1 is 1.35 bits per heavy atom. The molecule has 0 spiro atoms. The molecular formula is C15H20F2N2O. The van der Waals surface area contributed by atoms with Crippen LogP contribution in [-0.4, -0.2) is 30.4 Å². The molecule has 3 nitrogen and oxygen atoms in total. The first kappa shape index (κ1) is 14.9. The van der Waals surface area contributed by atoms with E-state index >= 15 is 0 Å². The van der Waals surface area contributed by atoms with Gasteiger partial charge in [-0.15, -0.1) is 0 Å². The summed E-state index contributed by atoms with van der Waals surface area (Å²) in [5.74, 6) is -1.82. The molecule has 0 aliphatic carbocycles. The van der Waals surface area contributed by atoms with Gasteiger partial charge >= 0.3 is 0 Å². The average molecular weight is 282 g/mol. The number of carbonyl (C=O) groups is 1. The Labute approximate surface area is 118 Å². The first-order chi connectivity index (χ1) is 9.58. The highest BCUT2D eigenvalue weighted by Gasteiger charge is 2.20. The molecule has 1 unspecified atom stereocenters. The molecule has 1 atom stereocenters. The molecule has 0 saturated carbocycles. The highest BCUT2D eigenvalue weighted by atomic mass is 19.1. The zero-order valence-corrected chi connectivity index (χ0v) is 11.7. The average Bonchev–Trinajstić information content (AvgIpc) is 2.42. The summed E-state index contributed by atoms with van der Waals surface area (Å²) in [4.78, 5) is 14.1. The summed E-state index contributed by atoms with van der Waals surface area (Å²) in [6.45, 7) is 1.05. The van der Waals surface area contributed by atoms with Crippen molar-refractivity contribution in [2.75, 3.05) is 18.9 Å². The van der Waals surface area contributed by atoms with Gasteiger partial charge in [-0.05, 0) is 45.0 Å². The summed E-state index contributed by atoms with van der Waals surface area (Å²) < 4.78 is 26.8. The van der Waals surface area contributed by atoms with E-state index in [4.69, 9.17) is 0 Å². The molecule has 0 aromatic heterocycles. The Morgan fingerprint density at radius 3 is 2.70 bits per heavy atom. The summed E-state index contributed by atoms with van der Waals surface area (Å²) in [5.41, 5.74) is -0.352. The van der Waals surface area contributed by atoms with E-state index in [1.807, 2.05) is 0 Å². The Hall–Kier alpha value is -1.49. The number of hydrogen-bond donors (Lipinski definition) is 1. The molecule has 1 amide bonds. The van der Waals surface area contributed by atoms with Crippen molar-refractivity contribution in [3.05, 3.63) is 29.8 Å². The lowest BCUT2D eigenvalue weighted by Crippen LogP contribution is -2.36. The second-order valence-corrected chi connectivity index (χ2v) is 5.31. The van der Waals surface area contributed by atoms with Crippen LogP contribution < -0.4 is 5.32 Å². The van der Waals surface area contributed by atoms with Crippen LogP contribution in [0.2, 0.25) is 0 Å². The van der Waals surface area contributed by atoms with Crippen molar-refractivity contribution in [3.63, 3.8) is 0 Å². The molecule has 1 aliphatic heterocycles. The Balaban J connectivity index is 1.86. The largest absolute Gasteiger partial charge is 0.321 e. The molecule has 1 aromatic carbocycles. The van der Waals surface area contributed by atoms with E-state index in [2.05, 4.69) is 17.3 Å². The van der Waals surface area contributed by atoms with Crippen molar-refractivity contribution < 1.29 is 13.6 Å². The number of nitrogens with one attached hydrogen (secondary N) is 1. The van der Waals surface area contributed by atoms with Crippen molar-refractivity contribution >= 4 is 11.6 Å². The number of likely N-dealkylation sites (tertiary alicyclic amines) is 1. The fraction of sp³-hybridized carbons (Fsp3) is 0.533. The zero-order valence-electron chi connectivity index (χ0n) is 11.7. The lowest BCUT2D eigenvalue weighted by Gasteiger charge is -2.32. The van der Waals surface area contributed by atoms with Gasteiger partial charge in [-0.3, -0.25) is 4.79 Å². The van der Waals surface area contributed by atoms with Crippen LogP contribution in [0.5, 0.6) is 0 Å². The van der Waals surface area contributed by atoms with Crippen LogP contribution in [0.25, 0.3) is 0 Å². The van der Waals surface area contributed by atoms with E-state index in [1.165, 1.54) is 18.9 Å². The number of hydrogen-bond acceptors (Lipinski definition) is 2. The molecule has 1 fully saturated rings. The van der Waals surface area contributed by atoms with E-state index in [1.54, 1.807) is 0 Å². The lowest BCUT2D eigenvalue weighted by atomic mass is 9.98. The standard InChI is InChI=1S/C15H20F2N2O/c1-19-10-3-2-5-11(19)8-9-14(20)18-15-12(16)6-4-7-13(15)17/h4,6-7,11H,2-3,5,8-10H2,1H3,(H,18,20). The Morgan fingerprint density at radius 2 is 2.05 bits per heavy atom. The molecule has 0 radical (unpaired) electrons. The van der Waals surface area contributed by atoms with Gasteiger partial charge in [0.05, 0.1) is 0 Å². The van der Waals surface area contributed by atoms with E-state index in [0.29, 0.717) is 6.04 Å². The van der Waals surface area contributed by atoms with Gasteiger partial charge < -0.3 is 10.2 Å². The quantitative estimate of drug-likeness (QED) is 0.920. The van der Waals surface area contributed by atoms with E-state index in [9.17, 15) is 13.6 Å². The van der Waals surface area contributed by atoms with Gasteiger partial charge in [-0.1, -0.05) is 12.5 Å². The molecule has 1 aliphatic rings. The van der Waals surface area contributed by atoms with Crippen LogP contribution in [0, 0.1) is 11.6 Å². The molecule has 1 saturated heterocycles. The molecule has 110 valence electrons. The van der Waals surface area contributed by atoms with Crippen molar-refractivity contribution in [3.8, 4) is 0 Å². The number of amides is 1. The van der Waals surface area contributed by atoms with Gasteiger partial charge in [-0.2, -0.15) is 0 Å². The number of anilines is 1. The minimum Gasteiger partial charge on any atom is -0.321 e. The Kier molecular flexibility index (Phi) is 5.06. The van der Waals surface area contributed by atoms with Gasteiger partial charge in [-0.25, -0.2) is 8.78 Å². The number of halogens is 2. The monoisotopic (exact) mass is 282 g/mol. The molecule has 20 heavy (non-hydrogen) atoms. The first-order valence-electron chi connectivity index (χ1n) is 7.02. The lowest BCUT2D eigenvalue weighted by molar-refractivity contribution is -0.116. The number of piperidine rings is 1.